The number of piperazine rings is 4. The molecule has 112 heavy (non-hydrogen) atoms. The Morgan fingerprint density at radius 1 is 0.312 bits per heavy atom. The number of amides is 3. The molecule has 4 fully saturated rings. The van der Waals surface area contributed by atoms with Gasteiger partial charge >= 0.3 is 0 Å². The van der Waals surface area contributed by atoms with Gasteiger partial charge in [0.25, 0.3) is 0 Å². The number of nitrogens with one attached hydrogen (secondary N) is 2. The zero-order valence-electron chi connectivity index (χ0n) is 69.4. The molecule has 0 aromatic heterocycles. The Balaban J connectivity index is 0.000000251. The summed E-state index contributed by atoms with van der Waals surface area (Å²) in [6.07, 6.45) is 2.42. The first-order chi connectivity index (χ1) is 53.2. The van der Waals surface area contributed by atoms with E-state index in [1.165, 1.54) is 25.9 Å². The van der Waals surface area contributed by atoms with Crippen LogP contribution in [-0.2, 0) is 38.4 Å². The van der Waals surface area contributed by atoms with Crippen LogP contribution in [0.15, 0.2) is 121 Å². The van der Waals surface area contributed by atoms with Gasteiger partial charge in [-0.1, -0.05) is 202 Å². The first-order valence-corrected chi connectivity index (χ1v) is 42.3. The summed E-state index contributed by atoms with van der Waals surface area (Å²) in [7, 11) is 1.58. The summed E-state index contributed by atoms with van der Waals surface area (Å²) in [5, 5.41) is 9.00. The molecular weight excluding hydrogens is 1510 g/mol. The lowest BCUT2D eigenvalue weighted by Crippen LogP contribution is -2.49. The summed E-state index contributed by atoms with van der Waals surface area (Å²) in [6, 6.07) is 37.9. The number of halogens is 5. The molecule has 0 bridgehead atoms. The SMILES string of the molecule is CC(=O)N1CCN(C[C@@H](C(=O)C(C)C)c2ccc(Cl)cc2)CC1.CC(=O)N1CCN(C[C@H](C(=O)C(C)C)c2ccc(Cl)cc2)CC1.CCCN1CCN(C[C@@H](C(=O)C(C)C)c2ccc(Cl)cc2)CC1.CCCN1CCN(C[C@H](C(=O)C(C)C)c2ccc(Cl)cc2)CC1.CNC(=O)CNC[C@@H](C(=O)C(C)C)c1ccc(Cl)cc1. The molecule has 0 unspecified atom stereocenters. The van der Waals surface area contributed by atoms with E-state index in [0.29, 0.717) is 46.3 Å². The molecule has 5 aromatic rings. The van der Waals surface area contributed by atoms with Crippen LogP contribution in [0.1, 0.15) is 167 Å². The van der Waals surface area contributed by atoms with E-state index in [9.17, 15) is 38.4 Å². The molecule has 9 rings (SSSR count). The molecule has 0 aliphatic carbocycles. The Labute approximate surface area is 695 Å². The van der Waals surface area contributed by atoms with Crippen molar-refractivity contribution in [2.45, 2.75) is 139 Å². The lowest BCUT2D eigenvalue weighted by Gasteiger charge is -2.36. The number of benzene rings is 5. The second kappa shape index (κ2) is 50.5. The van der Waals surface area contributed by atoms with Gasteiger partial charge in [-0.3, -0.25) is 58.0 Å². The third-order valence-corrected chi connectivity index (χ3v) is 22.5. The van der Waals surface area contributed by atoms with Crippen molar-refractivity contribution in [2.75, 3.05) is 164 Å². The molecule has 5 aromatic carbocycles. The molecule has 2 N–H and O–H groups in total. The molecule has 4 saturated heterocycles. The Morgan fingerprint density at radius 3 is 0.705 bits per heavy atom. The van der Waals surface area contributed by atoms with Crippen LogP contribution in [0.5, 0.6) is 0 Å². The number of likely N-dealkylation sites (N-methyl/N-ethyl adjacent to an activating group) is 1. The maximum absolute atomic E-state index is 12.7. The van der Waals surface area contributed by atoms with Crippen molar-refractivity contribution in [3.8, 4) is 0 Å². The molecule has 0 saturated carbocycles. The third kappa shape index (κ3) is 33.3. The summed E-state index contributed by atoms with van der Waals surface area (Å²) < 4.78 is 0. The molecule has 18 nitrogen and oxygen atoms in total. The van der Waals surface area contributed by atoms with Crippen molar-refractivity contribution in [2.24, 2.45) is 29.6 Å². The normalized spacial score (nSPS) is 16.8. The van der Waals surface area contributed by atoms with E-state index >= 15 is 0 Å². The van der Waals surface area contributed by atoms with Gasteiger partial charge in [-0.05, 0) is 114 Å². The minimum Gasteiger partial charge on any atom is -0.358 e. The average molecular weight is 1640 g/mol. The smallest absolute Gasteiger partial charge is 0.233 e. The van der Waals surface area contributed by atoms with Crippen molar-refractivity contribution in [3.63, 3.8) is 0 Å². The number of carbonyl (C=O) groups excluding carboxylic acids is 8. The van der Waals surface area contributed by atoms with Crippen molar-refractivity contribution >= 4 is 105 Å². The topological polar surface area (TPSA) is 187 Å². The number of hydrogen-bond acceptors (Lipinski definition) is 15. The van der Waals surface area contributed by atoms with E-state index in [-0.39, 0.29) is 101 Å². The predicted molar refractivity (Wildman–Crippen MR) is 461 cm³/mol. The highest BCUT2D eigenvalue weighted by Gasteiger charge is 2.33. The second-order valence-corrected chi connectivity index (χ2v) is 33.7. The third-order valence-electron chi connectivity index (χ3n) is 21.2. The Morgan fingerprint density at radius 2 is 0.509 bits per heavy atom. The Kier molecular flexibility index (Phi) is 43.6. The average Bonchev–Trinajstić information content (AvgIpc) is 0.858. The molecule has 5 atom stereocenters. The van der Waals surface area contributed by atoms with Gasteiger partial charge in [-0.2, -0.15) is 0 Å². The fraction of sp³-hybridized carbons (Fsp3) is 0.573. The van der Waals surface area contributed by atoms with E-state index in [4.69, 9.17) is 58.0 Å². The van der Waals surface area contributed by atoms with E-state index < -0.39 is 0 Å². The minimum absolute atomic E-state index is 0.00538. The fourth-order valence-electron chi connectivity index (χ4n) is 14.3. The zero-order chi connectivity index (χ0) is 82.7. The van der Waals surface area contributed by atoms with Gasteiger partial charge in [-0.15, -0.1) is 0 Å². The Bertz CT molecular complexity index is 3450. The van der Waals surface area contributed by atoms with Crippen molar-refractivity contribution < 1.29 is 38.4 Å². The van der Waals surface area contributed by atoms with Crippen LogP contribution in [0.4, 0.5) is 0 Å². The van der Waals surface area contributed by atoms with E-state index in [0.717, 1.165) is 156 Å². The molecule has 3 amide bonds. The summed E-state index contributed by atoms with van der Waals surface area (Å²) in [4.78, 5) is 115. The highest BCUT2D eigenvalue weighted by molar-refractivity contribution is 6.31. The largest absolute Gasteiger partial charge is 0.358 e. The van der Waals surface area contributed by atoms with E-state index in [1.807, 2.05) is 188 Å². The van der Waals surface area contributed by atoms with Gasteiger partial charge in [0, 0.05) is 213 Å². The van der Waals surface area contributed by atoms with E-state index in [1.54, 1.807) is 33.0 Å². The van der Waals surface area contributed by atoms with Crippen LogP contribution >= 0.6 is 58.0 Å². The highest BCUT2D eigenvalue weighted by atomic mass is 35.5. The molecule has 0 radical (unpaired) electrons. The van der Waals surface area contributed by atoms with Crippen LogP contribution in [0, 0.1) is 29.6 Å². The first kappa shape index (κ1) is 96.6. The Hall–Kier alpha value is -5.97. The van der Waals surface area contributed by atoms with Crippen LogP contribution in [-0.4, -0.2) is 250 Å². The second-order valence-electron chi connectivity index (χ2n) is 31.5. The van der Waals surface area contributed by atoms with Crippen LogP contribution in [0.2, 0.25) is 25.1 Å². The van der Waals surface area contributed by atoms with Crippen LogP contribution in [0.3, 0.4) is 0 Å². The lowest BCUT2D eigenvalue weighted by molar-refractivity contribution is -0.131. The van der Waals surface area contributed by atoms with Crippen molar-refractivity contribution in [3.05, 3.63) is 174 Å². The van der Waals surface area contributed by atoms with Crippen molar-refractivity contribution in [1.29, 1.82) is 0 Å². The number of rotatable bonds is 31. The maximum atomic E-state index is 12.7. The number of ketones is 5. The molecule has 23 heteroatoms. The van der Waals surface area contributed by atoms with Crippen molar-refractivity contribution in [1.82, 2.24) is 49.8 Å². The lowest BCUT2D eigenvalue weighted by atomic mass is 9.88. The highest BCUT2D eigenvalue weighted by Crippen LogP contribution is 2.30. The molecule has 4 aliphatic heterocycles. The minimum atomic E-state index is -0.267. The van der Waals surface area contributed by atoms with Crippen LogP contribution in [0.25, 0.3) is 0 Å². The predicted octanol–water partition coefficient (Wildman–Crippen LogP) is 15.0. The first-order valence-electron chi connectivity index (χ1n) is 40.5. The molecule has 4 heterocycles. The van der Waals surface area contributed by atoms with Gasteiger partial charge in [0.2, 0.25) is 17.7 Å². The number of nitrogens with zero attached hydrogens (tertiary/aromatic N) is 8. The summed E-state index contributed by atoms with van der Waals surface area (Å²) >= 11 is 29.8. The summed E-state index contributed by atoms with van der Waals surface area (Å²) in [6.45, 7) is 48.0. The van der Waals surface area contributed by atoms with Crippen LogP contribution < -0.4 is 10.6 Å². The molecular formula is C89H129Cl5N10O8. The van der Waals surface area contributed by atoms with Gasteiger partial charge in [0.05, 0.1) is 36.1 Å². The van der Waals surface area contributed by atoms with Gasteiger partial charge in [-0.25, -0.2) is 0 Å². The molecule has 0 spiro atoms. The standard InChI is InChI=1S/2C19H29ClN2O.2C18H25ClN2O2.C15H21ClN2O2/c2*1-4-9-21-10-12-22(13-11-21)14-18(19(23)15(2)3)16-5-7-17(20)8-6-16;2*1-13(2)18(23)17(15-4-6-16(19)7-5-15)12-20-8-10-21(11-9-20)14(3)22;1-10(2)15(20)13(8-18-9-14(19)17-3)11-4-6-12(16)7-5-11/h2*5-8,15,18H,4,9-14H2,1-3H3;2*4-7,13,17H,8-12H2,1-3H3;4-7,10,13,18H,8-9H2,1-3H3,(H,17,19)/t2*18-;2*17-;13-/m10101/s1. The van der Waals surface area contributed by atoms with E-state index in [2.05, 4.69) is 53.9 Å². The monoisotopic (exact) mass is 1640 g/mol. The number of hydrogen-bond donors (Lipinski definition) is 2. The van der Waals surface area contributed by atoms with Gasteiger partial charge in [0.15, 0.2) is 0 Å². The zero-order valence-corrected chi connectivity index (χ0v) is 73.2. The molecule has 4 aliphatic rings. The summed E-state index contributed by atoms with van der Waals surface area (Å²) in [5.41, 5.74) is 5.12. The van der Waals surface area contributed by atoms with Gasteiger partial charge < -0.3 is 30.2 Å². The number of carbonyl (C=O) groups is 8. The fourth-order valence-corrected chi connectivity index (χ4v) is 14.9. The van der Waals surface area contributed by atoms with Gasteiger partial charge in [0.1, 0.15) is 28.9 Å². The maximum Gasteiger partial charge on any atom is 0.233 e. The quantitative estimate of drug-likeness (QED) is 0.0426. The number of Topliss-reactive ketones (excluding diaryl/α,β-unsaturated/α-hetero) is 5. The summed E-state index contributed by atoms with van der Waals surface area (Å²) in [5.74, 6) is 0.825. The molecule has 618 valence electrons.